The third-order valence-corrected chi connectivity index (χ3v) is 3.14. The smallest absolute Gasteiger partial charge is 0.360 e. The molecule has 0 aliphatic heterocycles. The molecule has 0 aliphatic carbocycles. The van der Waals surface area contributed by atoms with Crippen LogP contribution in [0.15, 0.2) is 27.6 Å². The molecule has 104 valence electrons. The van der Waals surface area contributed by atoms with E-state index in [1.807, 2.05) is 0 Å². The van der Waals surface area contributed by atoms with Gasteiger partial charge in [-0.15, -0.1) is 0 Å². The van der Waals surface area contributed by atoms with Crippen LogP contribution in [0.4, 0.5) is 8.78 Å². The van der Waals surface area contributed by atoms with Gasteiger partial charge >= 0.3 is 5.97 Å². The van der Waals surface area contributed by atoms with Crippen molar-refractivity contribution in [3.05, 3.63) is 55.9 Å². The summed E-state index contributed by atoms with van der Waals surface area (Å²) < 4.78 is 28.0. The van der Waals surface area contributed by atoms with Crippen LogP contribution in [0.1, 0.15) is 16.1 Å². The Kier molecular flexibility index (Phi) is 3.67. The topological polar surface area (TPSA) is 72.2 Å². The molecule has 1 aromatic carbocycles. The van der Waals surface area contributed by atoms with Crippen LogP contribution >= 0.6 is 15.9 Å². The van der Waals surface area contributed by atoms with Gasteiger partial charge in [0.25, 0.3) is 0 Å². The second kappa shape index (κ2) is 5.12. The Bertz CT molecular complexity index is 774. The molecule has 0 aliphatic rings. The van der Waals surface area contributed by atoms with E-state index in [0.29, 0.717) is 0 Å². The number of carbonyl (C=O) groups is 1. The lowest BCUT2D eigenvalue weighted by Gasteiger charge is -2.09. The molecule has 2 aromatic rings. The number of halogens is 3. The standard InChI is InChI=1S/C12H7BrF2N2O3/c1-5-4-17(16-10(11(5)18)12(19)20)9-3-7(14)6(13)2-8(9)15/h2-4H,1H3,(H,19,20). The summed E-state index contributed by atoms with van der Waals surface area (Å²) in [7, 11) is 0. The van der Waals surface area contributed by atoms with Gasteiger partial charge in [-0.05, 0) is 28.9 Å². The normalized spacial score (nSPS) is 10.6. The summed E-state index contributed by atoms with van der Waals surface area (Å²) in [4.78, 5) is 22.5. The molecule has 1 heterocycles. The molecule has 20 heavy (non-hydrogen) atoms. The average Bonchev–Trinajstić information content (AvgIpc) is 2.36. The minimum absolute atomic E-state index is 0.0557. The summed E-state index contributed by atoms with van der Waals surface area (Å²) in [5, 5.41) is 12.4. The van der Waals surface area contributed by atoms with Crippen LogP contribution in [0, 0.1) is 18.6 Å². The first-order chi connectivity index (χ1) is 9.31. The zero-order chi connectivity index (χ0) is 15.0. The van der Waals surface area contributed by atoms with E-state index >= 15 is 0 Å². The summed E-state index contributed by atoms with van der Waals surface area (Å²) in [6.45, 7) is 1.36. The maximum atomic E-state index is 13.8. The van der Waals surface area contributed by atoms with Crippen molar-refractivity contribution < 1.29 is 18.7 Å². The van der Waals surface area contributed by atoms with E-state index < -0.39 is 28.7 Å². The van der Waals surface area contributed by atoms with Crippen molar-refractivity contribution in [2.24, 2.45) is 0 Å². The van der Waals surface area contributed by atoms with Crippen LogP contribution in [0.5, 0.6) is 0 Å². The highest BCUT2D eigenvalue weighted by Gasteiger charge is 2.17. The summed E-state index contributed by atoms with van der Waals surface area (Å²) >= 11 is 2.83. The van der Waals surface area contributed by atoms with E-state index in [1.54, 1.807) is 0 Å². The van der Waals surface area contributed by atoms with Gasteiger partial charge in [0.2, 0.25) is 11.1 Å². The second-order valence-corrected chi connectivity index (χ2v) is 4.81. The highest BCUT2D eigenvalue weighted by molar-refractivity contribution is 9.10. The van der Waals surface area contributed by atoms with E-state index in [1.165, 1.54) is 6.92 Å². The van der Waals surface area contributed by atoms with E-state index in [-0.39, 0.29) is 15.7 Å². The molecule has 0 saturated carbocycles. The third-order valence-electron chi connectivity index (χ3n) is 2.54. The molecule has 0 spiro atoms. The number of carboxylic acids is 1. The highest BCUT2D eigenvalue weighted by Crippen LogP contribution is 2.22. The Morgan fingerprint density at radius 3 is 2.60 bits per heavy atom. The van der Waals surface area contributed by atoms with Crippen molar-refractivity contribution in [2.45, 2.75) is 6.92 Å². The number of hydrogen-bond donors (Lipinski definition) is 1. The van der Waals surface area contributed by atoms with Crippen molar-refractivity contribution in [3.63, 3.8) is 0 Å². The molecule has 0 bridgehead atoms. The predicted octanol–water partition coefficient (Wildman–Crippen LogP) is 2.28. The van der Waals surface area contributed by atoms with E-state index in [4.69, 9.17) is 5.11 Å². The zero-order valence-electron chi connectivity index (χ0n) is 10.0. The van der Waals surface area contributed by atoms with Crippen molar-refractivity contribution in [3.8, 4) is 5.69 Å². The lowest BCUT2D eigenvalue weighted by molar-refractivity contribution is 0.0686. The van der Waals surface area contributed by atoms with Gasteiger partial charge in [-0.1, -0.05) is 0 Å². The number of hydrogen-bond acceptors (Lipinski definition) is 3. The highest BCUT2D eigenvalue weighted by atomic mass is 79.9. The predicted molar refractivity (Wildman–Crippen MR) is 69.1 cm³/mol. The van der Waals surface area contributed by atoms with Gasteiger partial charge in [0, 0.05) is 17.8 Å². The van der Waals surface area contributed by atoms with Gasteiger partial charge in [0.1, 0.15) is 17.3 Å². The van der Waals surface area contributed by atoms with Crippen molar-refractivity contribution in [2.75, 3.05) is 0 Å². The molecule has 0 atom stereocenters. The van der Waals surface area contributed by atoms with Gasteiger partial charge < -0.3 is 5.11 Å². The Morgan fingerprint density at radius 1 is 1.35 bits per heavy atom. The largest absolute Gasteiger partial charge is 0.476 e. The monoisotopic (exact) mass is 344 g/mol. The SMILES string of the molecule is Cc1cn(-c2cc(F)c(Br)cc2F)nc(C(=O)O)c1=O. The molecule has 0 amide bonds. The molecule has 0 unspecified atom stereocenters. The number of aromatic nitrogens is 2. The summed E-state index contributed by atoms with van der Waals surface area (Å²) in [6.07, 6.45) is 1.14. The maximum Gasteiger partial charge on any atom is 0.360 e. The Labute approximate surface area is 119 Å². The Balaban J connectivity index is 2.74. The first-order valence-electron chi connectivity index (χ1n) is 5.30. The minimum Gasteiger partial charge on any atom is -0.476 e. The van der Waals surface area contributed by atoms with Crippen LogP contribution < -0.4 is 5.43 Å². The molecule has 8 heteroatoms. The van der Waals surface area contributed by atoms with Gasteiger partial charge in [-0.2, -0.15) is 5.10 Å². The van der Waals surface area contributed by atoms with Gasteiger partial charge in [0.05, 0.1) is 4.47 Å². The molecule has 0 saturated heterocycles. The minimum atomic E-state index is -1.54. The number of aryl methyl sites for hydroxylation is 1. The number of carboxylic acid groups (broad SMARTS) is 1. The summed E-state index contributed by atoms with van der Waals surface area (Å²) in [6, 6.07) is 1.74. The average molecular weight is 345 g/mol. The van der Waals surface area contributed by atoms with Crippen LogP contribution in [0.25, 0.3) is 5.69 Å². The lowest BCUT2D eigenvalue weighted by Crippen LogP contribution is -2.23. The molecule has 0 fully saturated rings. The second-order valence-electron chi connectivity index (χ2n) is 3.96. The van der Waals surface area contributed by atoms with E-state index in [9.17, 15) is 18.4 Å². The number of nitrogens with zero attached hydrogens (tertiary/aromatic N) is 2. The summed E-state index contributed by atoms with van der Waals surface area (Å²) in [5.41, 5.74) is -1.77. The van der Waals surface area contributed by atoms with Crippen molar-refractivity contribution in [1.82, 2.24) is 9.78 Å². The Hall–Kier alpha value is -2.09. The molecule has 1 N–H and O–H groups in total. The molecule has 0 radical (unpaired) electrons. The fourth-order valence-corrected chi connectivity index (χ4v) is 1.88. The zero-order valence-corrected chi connectivity index (χ0v) is 11.6. The fraction of sp³-hybridized carbons (Fsp3) is 0.0833. The maximum absolute atomic E-state index is 13.8. The first kappa shape index (κ1) is 14.3. The molecule has 1 aromatic heterocycles. The van der Waals surface area contributed by atoms with Gasteiger partial charge in [-0.3, -0.25) is 4.79 Å². The molecule has 2 rings (SSSR count). The number of rotatable bonds is 2. The van der Waals surface area contributed by atoms with Gasteiger partial charge in [0.15, 0.2) is 0 Å². The van der Waals surface area contributed by atoms with Crippen LogP contribution in [0.2, 0.25) is 0 Å². The number of benzene rings is 1. The van der Waals surface area contributed by atoms with Crippen LogP contribution in [0.3, 0.4) is 0 Å². The van der Waals surface area contributed by atoms with Gasteiger partial charge in [-0.25, -0.2) is 18.3 Å². The van der Waals surface area contributed by atoms with Crippen molar-refractivity contribution >= 4 is 21.9 Å². The molecular formula is C12H7BrF2N2O3. The van der Waals surface area contributed by atoms with E-state index in [2.05, 4.69) is 21.0 Å². The Morgan fingerprint density at radius 2 is 2.00 bits per heavy atom. The fourth-order valence-electron chi connectivity index (χ4n) is 1.56. The molecule has 5 nitrogen and oxygen atoms in total. The molecular weight excluding hydrogens is 338 g/mol. The van der Waals surface area contributed by atoms with E-state index in [0.717, 1.165) is 23.0 Å². The first-order valence-corrected chi connectivity index (χ1v) is 6.09. The quantitative estimate of drug-likeness (QED) is 0.848. The summed E-state index contributed by atoms with van der Waals surface area (Å²) in [5.74, 6) is -3.09. The lowest BCUT2D eigenvalue weighted by atomic mass is 10.2. The number of aromatic carboxylic acids is 1. The van der Waals surface area contributed by atoms with Crippen molar-refractivity contribution in [1.29, 1.82) is 0 Å². The van der Waals surface area contributed by atoms with Crippen LogP contribution in [-0.2, 0) is 0 Å². The van der Waals surface area contributed by atoms with Crippen LogP contribution in [-0.4, -0.2) is 20.9 Å². The third kappa shape index (κ3) is 2.46.